The maximum absolute atomic E-state index is 13.3. The van der Waals surface area contributed by atoms with E-state index in [0.29, 0.717) is 29.1 Å². The predicted octanol–water partition coefficient (Wildman–Crippen LogP) is 4.54. The summed E-state index contributed by atoms with van der Waals surface area (Å²) in [5, 5.41) is 10.5. The van der Waals surface area contributed by atoms with Crippen molar-refractivity contribution >= 4 is 11.9 Å². The molecule has 1 atom stereocenters. The summed E-state index contributed by atoms with van der Waals surface area (Å²) < 4.78 is 12.5. The van der Waals surface area contributed by atoms with Crippen molar-refractivity contribution in [2.45, 2.75) is 32.1 Å². The normalized spacial score (nSPS) is 12.0. The smallest absolute Gasteiger partial charge is 0.348 e. The van der Waals surface area contributed by atoms with Crippen LogP contribution in [0.4, 0.5) is 0 Å². The second-order valence-electron chi connectivity index (χ2n) is 9.26. The topological polar surface area (TPSA) is 102 Å². The number of amides is 1. The van der Waals surface area contributed by atoms with Gasteiger partial charge in [-0.2, -0.15) is 0 Å². The summed E-state index contributed by atoms with van der Waals surface area (Å²) >= 11 is 0. The van der Waals surface area contributed by atoms with E-state index < -0.39 is 24.3 Å². The monoisotopic (exact) mass is 525 g/mol. The maximum atomic E-state index is 13.3. The van der Waals surface area contributed by atoms with Gasteiger partial charge in [0.15, 0.2) is 5.60 Å². The molecule has 1 N–H and O–H groups in total. The molecular weight excluding hydrogens is 494 g/mol. The molecule has 8 nitrogen and oxygen atoms in total. The molecule has 1 heterocycles. The van der Waals surface area contributed by atoms with Crippen LogP contribution < -0.4 is 4.74 Å². The lowest BCUT2D eigenvalue weighted by Crippen LogP contribution is -2.52. The summed E-state index contributed by atoms with van der Waals surface area (Å²) in [7, 11) is 1.68. The molecule has 0 saturated carbocycles. The SMILES string of the molecule is Cc1cc(C)nc(OC(C(=O)O)C(OCC(=O)N(C)Cc2ccccc2)(c2ccccc2)c2ccccc2)n1. The van der Waals surface area contributed by atoms with Crippen molar-refractivity contribution in [2.75, 3.05) is 13.7 Å². The molecular formula is C31H31N3O5. The Hall–Kier alpha value is -4.56. The van der Waals surface area contributed by atoms with Gasteiger partial charge in [0.1, 0.15) is 6.61 Å². The average Bonchev–Trinajstić information content (AvgIpc) is 2.93. The lowest BCUT2D eigenvalue weighted by atomic mass is 9.81. The second-order valence-corrected chi connectivity index (χ2v) is 9.26. The first-order valence-electron chi connectivity index (χ1n) is 12.5. The minimum Gasteiger partial charge on any atom is -0.478 e. The van der Waals surface area contributed by atoms with Gasteiger partial charge in [0.05, 0.1) is 0 Å². The average molecular weight is 526 g/mol. The summed E-state index contributed by atoms with van der Waals surface area (Å²) in [6.07, 6.45) is -1.63. The number of hydrogen-bond acceptors (Lipinski definition) is 6. The maximum Gasteiger partial charge on any atom is 0.348 e. The van der Waals surface area contributed by atoms with Crippen molar-refractivity contribution in [3.05, 3.63) is 125 Å². The highest BCUT2D eigenvalue weighted by Gasteiger charge is 2.50. The molecule has 0 radical (unpaired) electrons. The lowest BCUT2D eigenvalue weighted by Gasteiger charge is -2.39. The fourth-order valence-electron chi connectivity index (χ4n) is 4.47. The molecule has 1 amide bonds. The first-order chi connectivity index (χ1) is 18.8. The summed E-state index contributed by atoms with van der Waals surface area (Å²) in [4.78, 5) is 36.4. The van der Waals surface area contributed by atoms with Gasteiger partial charge < -0.3 is 19.5 Å². The molecule has 3 aromatic carbocycles. The van der Waals surface area contributed by atoms with E-state index in [2.05, 4.69) is 9.97 Å². The van der Waals surface area contributed by atoms with Gasteiger partial charge in [-0.15, -0.1) is 0 Å². The summed E-state index contributed by atoms with van der Waals surface area (Å²) in [5.41, 5.74) is 1.52. The number of likely N-dealkylation sites (N-methyl/N-ethyl adjacent to an activating group) is 1. The van der Waals surface area contributed by atoms with Gasteiger partial charge in [-0.1, -0.05) is 91.0 Å². The second kappa shape index (κ2) is 12.3. The number of aliphatic carboxylic acids is 1. The number of carboxylic acids is 1. The molecule has 0 bridgehead atoms. The third kappa shape index (κ3) is 6.48. The molecule has 200 valence electrons. The third-order valence-corrected chi connectivity index (χ3v) is 6.30. The van der Waals surface area contributed by atoms with Gasteiger partial charge in [0.25, 0.3) is 0 Å². The van der Waals surface area contributed by atoms with Crippen molar-refractivity contribution in [2.24, 2.45) is 0 Å². The van der Waals surface area contributed by atoms with Crippen molar-refractivity contribution in [1.29, 1.82) is 0 Å². The molecule has 0 aliphatic heterocycles. The standard InChI is InChI=1S/C31H31N3O5/c1-22-19-23(2)33-30(32-22)39-28(29(36)37)31(25-15-9-5-10-16-25,26-17-11-6-12-18-26)38-21-27(35)34(3)20-24-13-7-4-8-14-24/h4-19,28H,20-21H2,1-3H3,(H,36,37). The van der Waals surface area contributed by atoms with E-state index in [1.54, 1.807) is 80.4 Å². The fourth-order valence-corrected chi connectivity index (χ4v) is 4.47. The largest absolute Gasteiger partial charge is 0.478 e. The van der Waals surface area contributed by atoms with E-state index in [9.17, 15) is 14.7 Å². The van der Waals surface area contributed by atoms with Gasteiger partial charge in [-0.05, 0) is 36.6 Å². The summed E-state index contributed by atoms with van der Waals surface area (Å²) in [6, 6.07) is 29.1. The number of carbonyl (C=O) groups excluding carboxylic acids is 1. The van der Waals surface area contributed by atoms with Crippen molar-refractivity contribution in [3.8, 4) is 6.01 Å². The molecule has 4 aromatic rings. The van der Waals surface area contributed by atoms with Crippen LogP contribution in [-0.2, 0) is 26.5 Å². The van der Waals surface area contributed by atoms with E-state index in [0.717, 1.165) is 5.56 Å². The Labute approximate surface area is 227 Å². The third-order valence-electron chi connectivity index (χ3n) is 6.30. The minimum atomic E-state index is -1.71. The van der Waals surface area contributed by atoms with Gasteiger partial charge in [-0.3, -0.25) is 4.79 Å². The highest BCUT2D eigenvalue weighted by molar-refractivity contribution is 5.78. The molecule has 8 heteroatoms. The number of carboxylic acid groups (broad SMARTS) is 1. The Bertz CT molecular complexity index is 1340. The van der Waals surface area contributed by atoms with Gasteiger partial charge in [-0.25, -0.2) is 14.8 Å². The number of benzene rings is 3. The lowest BCUT2D eigenvalue weighted by molar-refractivity contribution is -0.169. The van der Waals surface area contributed by atoms with Crippen LogP contribution in [0.25, 0.3) is 0 Å². The molecule has 39 heavy (non-hydrogen) atoms. The minimum absolute atomic E-state index is 0.0905. The van der Waals surface area contributed by atoms with Gasteiger partial charge >= 0.3 is 12.0 Å². The van der Waals surface area contributed by atoms with Crippen LogP contribution in [0.2, 0.25) is 0 Å². The Kier molecular flexibility index (Phi) is 8.68. The number of hydrogen-bond donors (Lipinski definition) is 1. The molecule has 1 unspecified atom stereocenters. The molecule has 0 aliphatic rings. The highest BCUT2D eigenvalue weighted by Crippen LogP contribution is 2.39. The van der Waals surface area contributed by atoms with Crippen molar-refractivity contribution < 1.29 is 24.2 Å². The van der Waals surface area contributed by atoms with Crippen LogP contribution in [0.15, 0.2) is 97.1 Å². The molecule has 4 rings (SSSR count). The Balaban J connectivity index is 1.77. The first kappa shape index (κ1) is 27.5. The number of aryl methyl sites for hydroxylation is 2. The van der Waals surface area contributed by atoms with E-state index >= 15 is 0 Å². The molecule has 0 spiro atoms. The van der Waals surface area contributed by atoms with E-state index in [-0.39, 0.29) is 11.9 Å². The quantitative estimate of drug-likeness (QED) is 0.307. The van der Waals surface area contributed by atoms with Crippen LogP contribution in [-0.4, -0.2) is 51.6 Å². The van der Waals surface area contributed by atoms with Crippen LogP contribution in [0.1, 0.15) is 28.1 Å². The van der Waals surface area contributed by atoms with E-state index in [1.165, 1.54) is 0 Å². The summed E-state index contributed by atoms with van der Waals surface area (Å²) in [6.45, 7) is 3.53. The van der Waals surface area contributed by atoms with Crippen LogP contribution in [0.3, 0.4) is 0 Å². The number of carbonyl (C=O) groups is 2. The van der Waals surface area contributed by atoms with Gasteiger partial charge in [0.2, 0.25) is 12.0 Å². The zero-order valence-electron chi connectivity index (χ0n) is 22.2. The summed E-state index contributed by atoms with van der Waals surface area (Å²) in [5.74, 6) is -1.61. The first-order valence-corrected chi connectivity index (χ1v) is 12.5. The Morgan fingerprint density at radius 2 is 1.33 bits per heavy atom. The number of rotatable bonds is 11. The zero-order chi connectivity index (χ0) is 27.8. The van der Waals surface area contributed by atoms with Crippen LogP contribution in [0, 0.1) is 13.8 Å². The Morgan fingerprint density at radius 3 is 1.82 bits per heavy atom. The molecule has 1 aromatic heterocycles. The number of nitrogens with zero attached hydrogens (tertiary/aromatic N) is 3. The molecule has 0 saturated heterocycles. The Morgan fingerprint density at radius 1 is 0.846 bits per heavy atom. The number of aromatic nitrogens is 2. The van der Waals surface area contributed by atoms with Crippen molar-refractivity contribution in [1.82, 2.24) is 14.9 Å². The molecule has 0 aliphatic carbocycles. The highest BCUT2D eigenvalue weighted by atomic mass is 16.6. The van der Waals surface area contributed by atoms with Crippen LogP contribution >= 0.6 is 0 Å². The van der Waals surface area contributed by atoms with E-state index in [1.807, 2.05) is 42.5 Å². The van der Waals surface area contributed by atoms with Crippen LogP contribution in [0.5, 0.6) is 6.01 Å². The predicted molar refractivity (Wildman–Crippen MR) is 146 cm³/mol. The fraction of sp³-hybridized carbons (Fsp3) is 0.226. The molecule has 0 fully saturated rings. The zero-order valence-corrected chi connectivity index (χ0v) is 22.2. The van der Waals surface area contributed by atoms with E-state index in [4.69, 9.17) is 9.47 Å². The van der Waals surface area contributed by atoms with Gasteiger partial charge in [0, 0.05) is 25.0 Å². The number of ether oxygens (including phenoxy) is 2. The van der Waals surface area contributed by atoms with Crippen molar-refractivity contribution in [3.63, 3.8) is 0 Å².